The zero-order chi connectivity index (χ0) is 12.2. The van der Waals surface area contributed by atoms with E-state index in [9.17, 15) is 13.2 Å². The van der Waals surface area contributed by atoms with Crippen molar-refractivity contribution in [1.29, 1.82) is 0 Å². The molecule has 16 heavy (non-hydrogen) atoms. The van der Waals surface area contributed by atoms with E-state index in [2.05, 4.69) is 10.4 Å². The monoisotopic (exact) mass is 240 g/mol. The number of rotatable bonds is 0. The summed E-state index contributed by atoms with van der Waals surface area (Å²) in [7, 11) is 0. The first kappa shape index (κ1) is 13.2. The van der Waals surface area contributed by atoms with Gasteiger partial charge in [0, 0.05) is 19.6 Å². The first-order chi connectivity index (χ1) is 7.39. The molecule has 0 aromatic heterocycles. The minimum atomic E-state index is -5.08. The van der Waals surface area contributed by atoms with E-state index in [1.807, 2.05) is 0 Å². The van der Waals surface area contributed by atoms with Crippen LogP contribution in [0.4, 0.5) is 13.2 Å². The zero-order valence-corrected chi connectivity index (χ0v) is 8.76. The van der Waals surface area contributed by atoms with E-state index < -0.39 is 12.1 Å². The summed E-state index contributed by atoms with van der Waals surface area (Å²) in [5.74, 6) is -1.74. The van der Waals surface area contributed by atoms with E-state index in [4.69, 9.17) is 9.90 Å². The van der Waals surface area contributed by atoms with Crippen LogP contribution in [0.2, 0.25) is 0 Å². The Labute approximate surface area is 91.4 Å². The van der Waals surface area contributed by atoms with Gasteiger partial charge in [-0.15, -0.1) is 0 Å². The maximum Gasteiger partial charge on any atom is 0.490 e. The van der Waals surface area contributed by atoms with Gasteiger partial charge in [0.05, 0.1) is 0 Å². The van der Waals surface area contributed by atoms with Crippen LogP contribution in [0.3, 0.4) is 0 Å². The lowest BCUT2D eigenvalue weighted by Gasteiger charge is -2.37. The van der Waals surface area contributed by atoms with Crippen molar-refractivity contribution in [2.45, 2.75) is 25.4 Å². The topological polar surface area (TPSA) is 52.6 Å². The Balaban J connectivity index is 0.000000168. The molecule has 0 spiro atoms. The molecule has 2 heterocycles. The number of nitrogens with zero attached hydrogens (tertiary/aromatic N) is 1. The van der Waals surface area contributed by atoms with Crippen molar-refractivity contribution in [3.05, 3.63) is 0 Å². The van der Waals surface area contributed by atoms with Crippen LogP contribution in [0.25, 0.3) is 0 Å². The lowest BCUT2D eigenvalue weighted by molar-refractivity contribution is -0.192. The van der Waals surface area contributed by atoms with Gasteiger partial charge >= 0.3 is 12.1 Å². The van der Waals surface area contributed by atoms with Crippen molar-refractivity contribution >= 4 is 5.97 Å². The molecule has 2 aliphatic heterocycles. The Morgan fingerprint density at radius 2 is 2.00 bits per heavy atom. The minimum Gasteiger partial charge on any atom is -0.475 e. The highest BCUT2D eigenvalue weighted by Crippen LogP contribution is 2.20. The molecule has 7 heteroatoms. The molecule has 0 amide bonds. The fraction of sp³-hybridized carbons (Fsp3) is 0.889. The molecule has 2 N–H and O–H groups in total. The Kier molecular flexibility index (Phi) is 4.55. The maximum atomic E-state index is 10.6. The highest BCUT2D eigenvalue weighted by atomic mass is 19.4. The van der Waals surface area contributed by atoms with Crippen LogP contribution in [-0.2, 0) is 4.79 Å². The molecule has 0 aromatic rings. The van der Waals surface area contributed by atoms with E-state index >= 15 is 0 Å². The molecule has 4 nitrogen and oxygen atoms in total. The normalized spacial score (nSPS) is 28.9. The zero-order valence-electron chi connectivity index (χ0n) is 8.76. The number of hydrogen-bond donors (Lipinski definition) is 2. The fourth-order valence-electron chi connectivity index (χ4n) is 1.87. The van der Waals surface area contributed by atoms with Crippen LogP contribution in [-0.4, -0.2) is 41.9 Å². The number of nitrogens with one attached hydrogen (secondary N) is 1. The smallest absolute Gasteiger partial charge is 0.475 e. The van der Waals surface area contributed by atoms with Crippen molar-refractivity contribution in [1.82, 2.24) is 10.4 Å². The van der Waals surface area contributed by atoms with Crippen molar-refractivity contribution in [3.63, 3.8) is 0 Å². The number of alkyl halides is 3. The van der Waals surface area contributed by atoms with E-state index in [1.165, 1.54) is 38.9 Å². The Morgan fingerprint density at radius 1 is 1.38 bits per heavy atom. The van der Waals surface area contributed by atoms with Crippen molar-refractivity contribution in [2.24, 2.45) is 5.92 Å². The third kappa shape index (κ3) is 4.36. The number of fused-ring (bicyclic) bond motifs is 2. The fourth-order valence-corrected chi connectivity index (χ4v) is 1.87. The average molecular weight is 240 g/mol. The standard InChI is InChI=1S/C7H14N2.C2HF3O2/c1-2-7-3-4-8-9(5-1)6-7;3-2(4,5)1(6)7/h7-8H,1-6H2;(H,6,7). The molecule has 2 rings (SSSR count). The summed E-state index contributed by atoms with van der Waals surface area (Å²) in [5.41, 5.74) is 3.38. The number of carbonyl (C=O) groups is 1. The summed E-state index contributed by atoms with van der Waals surface area (Å²) in [6, 6.07) is 0. The van der Waals surface area contributed by atoms with Crippen LogP contribution in [0, 0.1) is 5.92 Å². The molecule has 94 valence electrons. The third-order valence-corrected chi connectivity index (χ3v) is 2.65. The predicted octanol–water partition coefficient (Wildman–Crippen LogP) is 1.24. The van der Waals surface area contributed by atoms with Crippen LogP contribution < -0.4 is 5.43 Å². The number of carboxylic acids is 1. The lowest BCUT2D eigenvalue weighted by atomic mass is 9.94. The van der Waals surface area contributed by atoms with Crippen LogP contribution in [0.1, 0.15) is 19.3 Å². The van der Waals surface area contributed by atoms with E-state index in [0.29, 0.717) is 0 Å². The summed E-state index contributed by atoms with van der Waals surface area (Å²) in [5, 5.41) is 9.50. The first-order valence-electron chi connectivity index (χ1n) is 5.18. The molecule has 0 aromatic carbocycles. The SMILES string of the molecule is C1CC2CCNN(C1)C2.O=C(O)C(F)(F)F. The van der Waals surface area contributed by atoms with Gasteiger partial charge in [0.2, 0.25) is 0 Å². The van der Waals surface area contributed by atoms with Crippen LogP contribution in [0.15, 0.2) is 0 Å². The second-order valence-electron chi connectivity index (χ2n) is 3.95. The lowest BCUT2D eigenvalue weighted by Crippen LogP contribution is -2.50. The summed E-state index contributed by atoms with van der Waals surface area (Å²) < 4.78 is 31.7. The number of carboxylic acid groups (broad SMARTS) is 1. The number of halogens is 3. The molecule has 2 fully saturated rings. The quantitative estimate of drug-likeness (QED) is 0.669. The summed E-state index contributed by atoms with van der Waals surface area (Å²) >= 11 is 0. The average Bonchev–Trinajstić information content (AvgIpc) is 2.17. The summed E-state index contributed by atoms with van der Waals surface area (Å²) in [4.78, 5) is 8.90. The van der Waals surface area contributed by atoms with Gasteiger partial charge < -0.3 is 5.11 Å². The third-order valence-electron chi connectivity index (χ3n) is 2.65. The van der Waals surface area contributed by atoms with Crippen LogP contribution in [0.5, 0.6) is 0 Å². The van der Waals surface area contributed by atoms with Gasteiger partial charge in [0.1, 0.15) is 0 Å². The van der Waals surface area contributed by atoms with E-state index in [-0.39, 0.29) is 0 Å². The molecule has 2 bridgehead atoms. The van der Waals surface area contributed by atoms with Crippen molar-refractivity contribution < 1.29 is 23.1 Å². The number of hydrazine groups is 1. The Morgan fingerprint density at radius 3 is 2.44 bits per heavy atom. The number of piperidine rings is 1. The van der Waals surface area contributed by atoms with E-state index in [0.717, 1.165) is 5.92 Å². The minimum absolute atomic E-state index is 1.01. The molecule has 2 saturated heterocycles. The predicted molar refractivity (Wildman–Crippen MR) is 50.6 cm³/mol. The largest absolute Gasteiger partial charge is 0.490 e. The van der Waals surface area contributed by atoms with Gasteiger partial charge in [-0.1, -0.05) is 0 Å². The van der Waals surface area contributed by atoms with E-state index in [1.54, 1.807) is 0 Å². The van der Waals surface area contributed by atoms with Crippen LogP contribution >= 0.6 is 0 Å². The Hall–Kier alpha value is -0.820. The molecule has 0 radical (unpaired) electrons. The summed E-state index contributed by atoms with van der Waals surface area (Å²) in [6.07, 6.45) is -0.813. The first-order valence-corrected chi connectivity index (χ1v) is 5.18. The molecule has 2 unspecified atom stereocenters. The molecular weight excluding hydrogens is 225 g/mol. The molecular formula is C9H15F3N2O2. The van der Waals surface area contributed by atoms with Gasteiger partial charge in [0.25, 0.3) is 0 Å². The number of hydrogen-bond acceptors (Lipinski definition) is 3. The molecule has 0 saturated carbocycles. The van der Waals surface area contributed by atoms with Gasteiger partial charge in [-0.25, -0.2) is 9.80 Å². The molecule has 0 aliphatic carbocycles. The highest BCUT2D eigenvalue weighted by Gasteiger charge is 2.38. The van der Waals surface area contributed by atoms with Crippen molar-refractivity contribution in [2.75, 3.05) is 19.6 Å². The van der Waals surface area contributed by atoms with Gasteiger partial charge in [-0.3, -0.25) is 5.43 Å². The van der Waals surface area contributed by atoms with Gasteiger partial charge in [0.15, 0.2) is 0 Å². The van der Waals surface area contributed by atoms with Crippen molar-refractivity contribution in [3.8, 4) is 0 Å². The highest BCUT2D eigenvalue weighted by molar-refractivity contribution is 5.73. The second-order valence-corrected chi connectivity index (χ2v) is 3.95. The Bertz CT molecular complexity index is 225. The molecule has 2 atom stereocenters. The summed E-state index contributed by atoms with van der Waals surface area (Å²) in [6.45, 7) is 3.79. The molecule has 2 aliphatic rings. The van der Waals surface area contributed by atoms with Gasteiger partial charge in [-0.05, 0) is 25.2 Å². The second kappa shape index (κ2) is 5.49. The van der Waals surface area contributed by atoms with Gasteiger partial charge in [-0.2, -0.15) is 13.2 Å². The maximum absolute atomic E-state index is 10.6. The number of aliphatic carboxylic acids is 1.